The summed E-state index contributed by atoms with van der Waals surface area (Å²) in [4.78, 5) is 10.5. The Bertz CT molecular complexity index is 197. The van der Waals surface area contributed by atoms with Crippen molar-refractivity contribution in [2.75, 3.05) is 13.2 Å². The Kier molecular flexibility index (Phi) is 5.65. The predicted octanol–water partition coefficient (Wildman–Crippen LogP) is 0.799. The molecule has 88 valence electrons. The Balaban J connectivity index is 2.07. The summed E-state index contributed by atoms with van der Waals surface area (Å²) < 4.78 is 5.59. The maximum absolute atomic E-state index is 10.5. The van der Waals surface area contributed by atoms with Crippen LogP contribution in [0.25, 0.3) is 0 Å². The lowest BCUT2D eigenvalue weighted by Gasteiger charge is -2.29. The van der Waals surface area contributed by atoms with Crippen LogP contribution in [0.2, 0.25) is 0 Å². The molecule has 1 amide bonds. The van der Waals surface area contributed by atoms with Gasteiger partial charge in [0.05, 0.1) is 6.10 Å². The first-order chi connectivity index (χ1) is 7.22. The van der Waals surface area contributed by atoms with E-state index in [0.717, 1.165) is 38.8 Å². The first kappa shape index (κ1) is 12.5. The van der Waals surface area contributed by atoms with Crippen LogP contribution in [-0.2, 0) is 9.53 Å². The molecule has 2 unspecified atom stereocenters. The van der Waals surface area contributed by atoms with Gasteiger partial charge in [-0.05, 0) is 32.2 Å². The average Bonchev–Trinajstić information content (AvgIpc) is 2.24. The van der Waals surface area contributed by atoms with E-state index in [-0.39, 0.29) is 5.91 Å². The highest BCUT2D eigenvalue weighted by Gasteiger charge is 2.20. The summed E-state index contributed by atoms with van der Waals surface area (Å²) in [6.45, 7) is 3.89. The van der Waals surface area contributed by atoms with E-state index in [1.165, 1.54) is 0 Å². The monoisotopic (exact) mass is 214 g/mol. The Morgan fingerprint density at radius 1 is 1.60 bits per heavy atom. The van der Waals surface area contributed by atoms with Crippen molar-refractivity contribution in [3.8, 4) is 0 Å². The molecule has 3 N–H and O–H groups in total. The van der Waals surface area contributed by atoms with Crippen molar-refractivity contribution in [2.24, 2.45) is 5.73 Å². The molecule has 0 saturated carbocycles. The zero-order chi connectivity index (χ0) is 11.1. The lowest BCUT2D eigenvalue weighted by Crippen LogP contribution is -2.39. The van der Waals surface area contributed by atoms with Gasteiger partial charge in [0.1, 0.15) is 0 Å². The van der Waals surface area contributed by atoms with Gasteiger partial charge < -0.3 is 15.8 Å². The largest absolute Gasteiger partial charge is 0.378 e. The average molecular weight is 214 g/mol. The first-order valence-electron chi connectivity index (χ1n) is 5.85. The Hall–Kier alpha value is -0.610. The number of amides is 1. The van der Waals surface area contributed by atoms with E-state index < -0.39 is 0 Å². The molecule has 0 aromatic carbocycles. The summed E-state index contributed by atoms with van der Waals surface area (Å²) in [6.07, 6.45) is 4.98. The zero-order valence-electron chi connectivity index (χ0n) is 9.50. The SMILES string of the molecule is CCC1CC(NCCCC(N)=O)CCO1. The molecule has 1 fully saturated rings. The van der Waals surface area contributed by atoms with E-state index in [4.69, 9.17) is 10.5 Å². The van der Waals surface area contributed by atoms with E-state index in [9.17, 15) is 4.79 Å². The van der Waals surface area contributed by atoms with Crippen LogP contribution in [0.1, 0.15) is 39.0 Å². The van der Waals surface area contributed by atoms with Gasteiger partial charge in [0.15, 0.2) is 0 Å². The number of hydrogen-bond acceptors (Lipinski definition) is 3. The van der Waals surface area contributed by atoms with Crippen molar-refractivity contribution in [3.05, 3.63) is 0 Å². The van der Waals surface area contributed by atoms with Gasteiger partial charge in [-0.2, -0.15) is 0 Å². The van der Waals surface area contributed by atoms with Gasteiger partial charge in [0.25, 0.3) is 0 Å². The molecule has 0 bridgehead atoms. The molecule has 1 aliphatic heterocycles. The van der Waals surface area contributed by atoms with Crippen molar-refractivity contribution < 1.29 is 9.53 Å². The van der Waals surface area contributed by atoms with Crippen LogP contribution in [0.5, 0.6) is 0 Å². The molecule has 0 aliphatic carbocycles. The van der Waals surface area contributed by atoms with E-state index in [2.05, 4.69) is 12.2 Å². The fraction of sp³-hybridized carbons (Fsp3) is 0.909. The molecule has 0 aromatic heterocycles. The third-order valence-electron chi connectivity index (χ3n) is 2.86. The molecule has 1 heterocycles. The van der Waals surface area contributed by atoms with Gasteiger partial charge in [-0.1, -0.05) is 6.92 Å². The zero-order valence-corrected chi connectivity index (χ0v) is 9.50. The molecule has 15 heavy (non-hydrogen) atoms. The predicted molar refractivity (Wildman–Crippen MR) is 59.5 cm³/mol. The standard InChI is InChI=1S/C11H22N2O2/c1-2-10-8-9(5-7-15-10)13-6-3-4-11(12)14/h9-10,13H,2-8H2,1H3,(H2,12,14). The Morgan fingerprint density at radius 2 is 2.40 bits per heavy atom. The second kappa shape index (κ2) is 6.80. The van der Waals surface area contributed by atoms with Crippen molar-refractivity contribution in [1.29, 1.82) is 0 Å². The van der Waals surface area contributed by atoms with Crippen molar-refractivity contribution in [3.63, 3.8) is 0 Å². The first-order valence-corrected chi connectivity index (χ1v) is 5.85. The molecule has 4 heteroatoms. The molecular weight excluding hydrogens is 192 g/mol. The number of ether oxygens (including phenoxy) is 1. The maximum atomic E-state index is 10.5. The quantitative estimate of drug-likeness (QED) is 0.643. The van der Waals surface area contributed by atoms with Gasteiger partial charge in [-0.15, -0.1) is 0 Å². The van der Waals surface area contributed by atoms with Gasteiger partial charge in [-0.3, -0.25) is 4.79 Å². The minimum Gasteiger partial charge on any atom is -0.378 e. The summed E-state index contributed by atoms with van der Waals surface area (Å²) in [5.74, 6) is -0.213. The van der Waals surface area contributed by atoms with E-state index in [0.29, 0.717) is 18.6 Å². The highest BCUT2D eigenvalue weighted by Crippen LogP contribution is 2.16. The molecule has 0 radical (unpaired) electrons. The molecular formula is C11H22N2O2. The molecule has 1 saturated heterocycles. The number of nitrogens with one attached hydrogen (secondary N) is 1. The summed E-state index contributed by atoms with van der Waals surface area (Å²) in [5.41, 5.74) is 5.07. The minimum absolute atomic E-state index is 0.213. The molecule has 2 atom stereocenters. The number of primary amides is 1. The fourth-order valence-electron chi connectivity index (χ4n) is 1.92. The molecule has 0 spiro atoms. The highest BCUT2D eigenvalue weighted by molar-refractivity contribution is 5.73. The lowest BCUT2D eigenvalue weighted by molar-refractivity contribution is -0.118. The van der Waals surface area contributed by atoms with Crippen LogP contribution in [0.4, 0.5) is 0 Å². The summed E-state index contributed by atoms with van der Waals surface area (Å²) >= 11 is 0. The van der Waals surface area contributed by atoms with Crippen LogP contribution in [0.15, 0.2) is 0 Å². The molecule has 1 rings (SSSR count). The topological polar surface area (TPSA) is 64.3 Å². The van der Waals surface area contributed by atoms with Crippen LogP contribution in [0, 0.1) is 0 Å². The Morgan fingerprint density at radius 3 is 3.07 bits per heavy atom. The van der Waals surface area contributed by atoms with Crippen LogP contribution in [0.3, 0.4) is 0 Å². The van der Waals surface area contributed by atoms with E-state index in [1.807, 2.05) is 0 Å². The fourth-order valence-corrected chi connectivity index (χ4v) is 1.92. The minimum atomic E-state index is -0.213. The van der Waals surface area contributed by atoms with Gasteiger partial charge in [0.2, 0.25) is 5.91 Å². The number of nitrogens with two attached hydrogens (primary N) is 1. The van der Waals surface area contributed by atoms with Crippen LogP contribution in [-0.4, -0.2) is 31.2 Å². The summed E-state index contributed by atoms with van der Waals surface area (Å²) in [5, 5.41) is 3.45. The number of carbonyl (C=O) groups is 1. The molecule has 1 aliphatic rings. The van der Waals surface area contributed by atoms with Crippen molar-refractivity contribution >= 4 is 5.91 Å². The van der Waals surface area contributed by atoms with Crippen LogP contribution < -0.4 is 11.1 Å². The van der Waals surface area contributed by atoms with Crippen molar-refractivity contribution in [2.45, 2.75) is 51.2 Å². The highest BCUT2D eigenvalue weighted by atomic mass is 16.5. The molecule has 4 nitrogen and oxygen atoms in total. The normalized spacial score (nSPS) is 26.5. The van der Waals surface area contributed by atoms with Gasteiger partial charge in [-0.25, -0.2) is 0 Å². The van der Waals surface area contributed by atoms with Crippen LogP contribution >= 0.6 is 0 Å². The lowest BCUT2D eigenvalue weighted by atomic mass is 10.0. The van der Waals surface area contributed by atoms with Crippen molar-refractivity contribution in [1.82, 2.24) is 5.32 Å². The smallest absolute Gasteiger partial charge is 0.217 e. The summed E-state index contributed by atoms with van der Waals surface area (Å²) in [7, 11) is 0. The van der Waals surface area contributed by atoms with E-state index in [1.54, 1.807) is 0 Å². The second-order valence-corrected chi connectivity index (χ2v) is 4.15. The van der Waals surface area contributed by atoms with Gasteiger partial charge in [0, 0.05) is 19.1 Å². The number of rotatable bonds is 6. The second-order valence-electron chi connectivity index (χ2n) is 4.15. The summed E-state index contributed by atoms with van der Waals surface area (Å²) in [6, 6.07) is 0.552. The third-order valence-corrected chi connectivity index (χ3v) is 2.86. The number of carbonyl (C=O) groups excluding carboxylic acids is 1. The number of hydrogen-bond donors (Lipinski definition) is 2. The third kappa shape index (κ3) is 5.14. The molecule has 0 aromatic rings. The Labute approximate surface area is 91.5 Å². The maximum Gasteiger partial charge on any atom is 0.217 e. The van der Waals surface area contributed by atoms with E-state index >= 15 is 0 Å². The van der Waals surface area contributed by atoms with Gasteiger partial charge >= 0.3 is 0 Å².